The molecule has 8 saturated heterocycles. The Kier molecular flexibility index (Phi) is 29.2. The van der Waals surface area contributed by atoms with Crippen molar-refractivity contribution in [3.8, 4) is 0 Å². The minimum absolute atomic E-state index is 0.101. The molecule has 13 aliphatic rings. The third-order valence-electron chi connectivity index (χ3n) is 29.3. The Bertz CT molecular complexity index is 3730. The van der Waals surface area contributed by atoms with Crippen molar-refractivity contribution in [3.63, 3.8) is 0 Å². The monoisotopic (exact) mass is 1770 g/mol. The lowest BCUT2D eigenvalue weighted by atomic mass is 9.33. The molecule has 0 aromatic rings. The van der Waals surface area contributed by atoms with E-state index in [9.17, 15) is 111 Å². The molecular formula is C81H124O42. The van der Waals surface area contributed by atoms with Crippen LogP contribution in [0.25, 0.3) is 0 Å². The maximum atomic E-state index is 15.5. The van der Waals surface area contributed by atoms with E-state index in [-0.39, 0.29) is 30.1 Å². The van der Waals surface area contributed by atoms with Crippen LogP contribution in [0.2, 0.25) is 0 Å². The molecule has 0 amide bonds. The molecular weight excluding hydrogens is 1640 g/mol. The third-order valence-corrected chi connectivity index (χ3v) is 29.3. The molecule has 12 fully saturated rings. The highest BCUT2D eigenvalue weighted by molar-refractivity contribution is 5.73. The number of carbonyl (C=O) groups is 6. The molecule has 700 valence electrons. The number of allylic oxidation sites excluding steroid dienone is 2. The molecule has 0 unspecified atom stereocenters. The van der Waals surface area contributed by atoms with Crippen LogP contribution >= 0.6 is 0 Å². The molecule has 13 rings (SSSR count). The minimum Gasteiger partial charge on any atom is -0.479 e. The van der Waals surface area contributed by atoms with Gasteiger partial charge in [-0.05, 0) is 123 Å². The molecule has 45 atom stereocenters. The summed E-state index contributed by atoms with van der Waals surface area (Å²) < 4.78 is 114. The van der Waals surface area contributed by atoms with Crippen molar-refractivity contribution in [1.29, 1.82) is 0 Å². The predicted octanol–water partition coefficient (Wildman–Crippen LogP) is -4.75. The van der Waals surface area contributed by atoms with Crippen LogP contribution in [0.5, 0.6) is 0 Å². The second kappa shape index (κ2) is 37.4. The topological polar surface area (TPSA) is 622 Å². The summed E-state index contributed by atoms with van der Waals surface area (Å²) in [5.74, 6) is -5.97. The largest absolute Gasteiger partial charge is 0.479 e. The second-order valence-electron chi connectivity index (χ2n) is 37.6. The SMILES string of the molecule is CC(=O)O[C@H]1[C@@H](OC(C)=O)[C@@H](C)O[C@@H](OC(=O)C[C@]23CCC(C)(C)C[C@H]2C2=CC[C@@H]4[C@@]5(C)CC[C@H](O[C@@H]6O[C@H](C(=O)O)[C@@H](O)[C@H](O[C@@H]7OC[C@@H](O)[C@H](O)[C@H]7O)[C@H]6O[C@@H]6O[C@H](CO)[C@H](O)[C@H](O)[C@H]6O)[C@@](C)(C=O)[C@@H]5CC[C@@]4(C)[C@]2(C)CC3)[C@@H]1O[C@@H]1O[C@@H](C)[C@H](O[C@@H]2OC[C@@H](O[C@@H]3OC[C@@H](O)[C@H](O[C@@H]4OC[C@@H](O)[C@H](O)[C@H]4O)[C@H]3O)[C@H](O)[C@H]2O)[C@@H](OC(C)=O)[C@H]1O. The molecule has 0 radical (unpaired) electrons. The van der Waals surface area contributed by atoms with Gasteiger partial charge in [-0.1, -0.05) is 53.2 Å². The fourth-order valence-corrected chi connectivity index (χ4v) is 22.3. The van der Waals surface area contributed by atoms with Gasteiger partial charge in [-0.2, -0.15) is 0 Å². The first-order valence-electron chi connectivity index (χ1n) is 42.4. The highest BCUT2D eigenvalue weighted by atomic mass is 16.8. The summed E-state index contributed by atoms with van der Waals surface area (Å²) in [6.07, 6.45) is -57.1. The van der Waals surface area contributed by atoms with Crippen molar-refractivity contribution < 1.29 is 206 Å². The van der Waals surface area contributed by atoms with Crippen LogP contribution in [0.4, 0.5) is 0 Å². The molecule has 4 saturated carbocycles. The van der Waals surface area contributed by atoms with Gasteiger partial charge in [0.15, 0.2) is 74.6 Å². The first kappa shape index (κ1) is 96.1. The van der Waals surface area contributed by atoms with Gasteiger partial charge in [0.2, 0.25) is 6.29 Å². The van der Waals surface area contributed by atoms with Gasteiger partial charge < -0.3 is 182 Å². The Morgan fingerprint density at radius 1 is 0.447 bits per heavy atom. The Labute approximate surface area is 708 Å². The zero-order valence-electron chi connectivity index (χ0n) is 70.4. The van der Waals surface area contributed by atoms with Crippen molar-refractivity contribution in [2.75, 3.05) is 33.0 Å². The van der Waals surface area contributed by atoms with E-state index in [0.717, 1.165) is 27.1 Å². The molecule has 8 aliphatic heterocycles. The van der Waals surface area contributed by atoms with Crippen LogP contribution < -0.4 is 0 Å². The minimum atomic E-state index is -2.22. The predicted molar refractivity (Wildman–Crippen MR) is 401 cm³/mol. The van der Waals surface area contributed by atoms with Gasteiger partial charge in [-0.15, -0.1) is 0 Å². The van der Waals surface area contributed by atoms with E-state index < -0.39 is 323 Å². The highest BCUT2D eigenvalue weighted by Crippen LogP contribution is 2.76. The second-order valence-corrected chi connectivity index (χ2v) is 37.6. The van der Waals surface area contributed by atoms with Crippen molar-refractivity contribution in [2.45, 2.75) is 374 Å². The molecule has 42 nitrogen and oxygen atoms in total. The number of rotatable bonds is 23. The lowest BCUT2D eigenvalue weighted by molar-refractivity contribution is -0.391. The average Bonchev–Trinajstić information content (AvgIpc) is 0.673. The molecule has 0 aromatic carbocycles. The van der Waals surface area contributed by atoms with Crippen molar-refractivity contribution in [2.24, 2.45) is 50.2 Å². The number of esters is 4. The molecule has 42 heteroatoms. The zero-order chi connectivity index (χ0) is 89.7. The van der Waals surface area contributed by atoms with Gasteiger partial charge in [0.05, 0.1) is 63.2 Å². The number of aliphatic carboxylic acids is 1. The van der Waals surface area contributed by atoms with Crippen LogP contribution in [-0.4, -0.2) is 383 Å². The van der Waals surface area contributed by atoms with E-state index in [1.165, 1.54) is 19.4 Å². The first-order valence-corrected chi connectivity index (χ1v) is 42.4. The summed E-state index contributed by atoms with van der Waals surface area (Å²) in [4.78, 5) is 82.1. The molecule has 17 N–H and O–H groups in total. The summed E-state index contributed by atoms with van der Waals surface area (Å²) in [6.45, 7) is 15.9. The fraction of sp³-hybridized carbons (Fsp3) is 0.901. The highest BCUT2D eigenvalue weighted by Gasteiger charge is 2.71. The van der Waals surface area contributed by atoms with E-state index in [2.05, 4.69) is 40.7 Å². The third kappa shape index (κ3) is 18.3. The number of aliphatic hydroxyl groups is 16. The van der Waals surface area contributed by atoms with E-state index in [4.69, 9.17) is 90.0 Å². The van der Waals surface area contributed by atoms with Crippen LogP contribution in [0.3, 0.4) is 0 Å². The van der Waals surface area contributed by atoms with Gasteiger partial charge in [0.1, 0.15) is 134 Å². The standard InChI is InChI=1S/C81H124O42/c1-30-58(118-70-53(98)49(94)41(28-108-70)115-71-56(101)60(39(89)27-107-71)119-68-51(96)46(91)37(87)25-105-68)62(112-33(4)85)57(102)73(109-30)123-66-64(113-34(5)86)59(111-32(3)84)31(2)110-74(66)117-45(90)23-81-20-18-76(6,7)22-36(81)35-12-13-43-77(8)16-15-44(78(9,29-83)42(77)14-17-80(43,11)79(35,10)19-21-81)116-75-65(122-72-54(99)50(95)48(93)40(24-82)114-72)61(55(100)63(121-75)67(103)104)120-69-52(97)47(92)38(88)26-106-69/h12,29-31,36-44,46-66,68-75,82,87-89,91-102H,13-28H2,1-11H3,(H,103,104)/t30-,31+,36-,37+,38+,39+,40+,41+,42+,43+,44-,46-,47-,48-,49-,50-,51+,52+,53+,54+,55-,56+,57+,58-,59-,60-,61-,62-,63-,64-,65+,66+,68-,69-,70-,71-,72-,73-,74-,75+,77-,78-,79+,80+,81+/m0/s1. The summed E-state index contributed by atoms with van der Waals surface area (Å²) in [7, 11) is 0. The number of hydrogen-bond acceptors (Lipinski definition) is 41. The number of ether oxygens (including phenoxy) is 19. The Morgan fingerprint density at radius 2 is 0.951 bits per heavy atom. The number of aliphatic hydroxyl groups excluding tert-OH is 16. The van der Waals surface area contributed by atoms with Crippen LogP contribution in [-0.2, 0) is 119 Å². The fourth-order valence-electron chi connectivity index (χ4n) is 22.3. The van der Waals surface area contributed by atoms with Crippen LogP contribution in [0.1, 0.15) is 147 Å². The van der Waals surface area contributed by atoms with Crippen molar-refractivity contribution in [1.82, 2.24) is 0 Å². The quantitative estimate of drug-likeness (QED) is 0.0150. The summed E-state index contributed by atoms with van der Waals surface area (Å²) in [5.41, 5.74) is -2.83. The number of fused-ring (bicyclic) bond motifs is 7. The molecule has 0 bridgehead atoms. The number of aldehydes is 1. The maximum Gasteiger partial charge on any atom is 0.335 e. The lowest BCUT2D eigenvalue weighted by Crippen LogP contribution is -2.68. The van der Waals surface area contributed by atoms with Gasteiger partial charge in [-0.25, -0.2) is 4.79 Å². The summed E-state index contributed by atoms with van der Waals surface area (Å²) in [5, 5.41) is 186. The smallest absolute Gasteiger partial charge is 0.335 e. The van der Waals surface area contributed by atoms with Gasteiger partial charge in [0, 0.05) is 20.8 Å². The molecule has 0 spiro atoms. The molecule has 5 aliphatic carbocycles. The summed E-state index contributed by atoms with van der Waals surface area (Å²) >= 11 is 0. The molecule has 0 aromatic heterocycles. The van der Waals surface area contributed by atoms with Crippen LogP contribution in [0, 0.1) is 50.2 Å². The van der Waals surface area contributed by atoms with Gasteiger partial charge in [-0.3, -0.25) is 19.2 Å². The first-order chi connectivity index (χ1) is 57.7. The Morgan fingerprint density at radius 3 is 1.55 bits per heavy atom. The Balaban J connectivity index is 0.720. The normalized spacial score (nSPS) is 51.1. The zero-order valence-corrected chi connectivity index (χ0v) is 70.4. The molecule has 8 heterocycles. The Hall–Kier alpha value is -4.48. The van der Waals surface area contributed by atoms with E-state index in [1.807, 2.05) is 0 Å². The maximum absolute atomic E-state index is 15.5. The van der Waals surface area contributed by atoms with E-state index >= 15 is 4.79 Å². The van der Waals surface area contributed by atoms with Crippen LogP contribution in [0.15, 0.2) is 11.6 Å². The van der Waals surface area contributed by atoms with E-state index in [1.54, 1.807) is 6.92 Å². The van der Waals surface area contributed by atoms with Gasteiger partial charge in [0.25, 0.3) is 0 Å². The average molecular weight is 1770 g/mol. The number of carbonyl (C=O) groups excluding carboxylic acids is 5. The number of carboxylic acids is 1. The number of carboxylic acid groups (broad SMARTS) is 1. The lowest BCUT2D eigenvalue weighted by Gasteiger charge is -2.71. The van der Waals surface area contributed by atoms with Crippen molar-refractivity contribution >= 4 is 36.1 Å². The molecule has 123 heavy (non-hydrogen) atoms. The number of hydrogen-bond donors (Lipinski definition) is 17. The van der Waals surface area contributed by atoms with Gasteiger partial charge >= 0.3 is 29.8 Å². The van der Waals surface area contributed by atoms with Crippen molar-refractivity contribution in [3.05, 3.63) is 11.6 Å². The van der Waals surface area contributed by atoms with E-state index in [0.29, 0.717) is 57.8 Å². The summed E-state index contributed by atoms with van der Waals surface area (Å²) in [6, 6.07) is 0.